The molecule has 84 heavy (non-hydrogen) atoms. The number of unbranched alkanes of at least 4 members (excludes halogenated alkanes) is 5. The molecule has 26 nitrogen and oxygen atoms in total. The van der Waals surface area contributed by atoms with Crippen LogP contribution >= 0.6 is 0 Å². The molecule has 2 aliphatic heterocycles. The van der Waals surface area contributed by atoms with E-state index in [0.29, 0.717) is 82.7 Å². The number of benzene rings is 1. The smallest absolute Gasteiger partial charge is 0.326 e. The Morgan fingerprint density at radius 1 is 0.702 bits per heavy atom. The Bertz CT molecular complexity index is 2430. The van der Waals surface area contributed by atoms with Crippen LogP contribution in [0.4, 0.5) is 28.3 Å². The van der Waals surface area contributed by atoms with Crippen molar-refractivity contribution >= 4 is 53.4 Å². The van der Waals surface area contributed by atoms with Gasteiger partial charge in [0.15, 0.2) is 0 Å². The molecule has 2 unspecified atom stereocenters. The molecule has 1 aromatic carbocycles. The van der Waals surface area contributed by atoms with E-state index in [1.165, 1.54) is 0 Å². The molecule has 0 radical (unpaired) electrons. The van der Waals surface area contributed by atoms with E-state index in [2.05, 4.69) is 67.5 Å². The van der Waals surface area contributed by atoms with Gasteiger partial charge in [-0.05, 0) is 129 Å². The minimum absolute atomic E-state index is 0.000966. The zero-order valence-corrected chi connectivity index (χ0v) is 50.4. The van der Waals surface area contributed by atoms with Gasteiger partial charge in [0.1, 0.15) is 35.0 Å². The lowest BCUT2D eigenvalue weighted by Crippen LogP contribution is -2.51. The number of rotatable bonds is 36. The lowest BCUT2D eigenvalue weighted by atomic mass is 9.98. The number of aromatic nitrogens is 3. The van der Waals surface area contributed by atoms with Gasteiger partial charge in [0, 0.05) is 83.5 Å². The van der Waals surface area contributed by atoms with Gasteiger partial charge in [-0.1, -0.05) is 45.2 Å². The second-order valence-corrected chi connectivity index (χ2v) is 22.2. The van der Waals surface area contributed by atoms with Gasteiger partial charge in [-0.2, -0.15) is 15.0 Å². The summed E-state index contributed by atoms with van der Waals surface area (Å²) in [7, 11) is 5.94. The maximum atomic E-state index is 12.5. The number of carboxylic acid groups (broad SMARTS) is 3. The van der Waals surface area contributed by atoms with Gasteiger partial charge in [0.05, 0.1) is 25.7 Å². The second-order valence-electron chi connectivity index (χ2n) is 22.2. The first kappa shape index (κ1) is 69.7. The summed E-state index contributed by atoms with van der Waals surface area (Å²) in [6.45, 7) is 16.8. The van der Waals surface area contributed by atoms with Crippen LogP contribution in [-0.4, -0.2) is 238 Å². The van der Waals surface area contributed by atoms with Crippen molar-refractivity contribution in [2.75, 3.05) is 128 Å². The standard InChI is InChI=1S/C58H96N14O12/c1-8-71(9-2)38-42(4)84-58(35-46(74)39-69(6)27-28-70(7)40-47(75)36-58)34-45(73)37-61-41(3)33-43-19-21-44(22-20-43)62-55-65-54(66-56(67-55)72-31-29-68(5)30-32-72)60-26-15-12-10-11-13-18-50(76)59-25-16-14-17-48(52(79)80)63-57(83)64-49(53(81)82)23-24-51(77)78/h19-22,34-36,41-42,48-49,61,73-75H,8-18,23-33,37-40H2,1-7H3,(H,59,76)(H,77,78)(H,79,80)(H,81,82)(H2,63,64,83)(H2,60,62,65,66,67)/b45-34+,46-35+,47-36+/t41?,42?,48-,49-/m0/s1. The molecule has 0 bridgehead atoms. The molecule has 0 aliphatic carbocycles. The van der Waals surface area contributed by atoms with Gasteiger partial charge in [0.25, 0.3) is 0 Å². The molecule has 4 atom stereocenters. The number of piperazine rings is 1. The van der Waals surface area contributed by atoms with Gasteiger partial charge < -0.3 is 82.0 Å². The van der Waals surface area contributed by atoms with Crippen LogP contribution in [0.2, 0.25) is 0 Å². The number of hydrogen-bond acceptors (Lipinski definition) is 20. The number of amides is 3. The number of urea groups is 1. The Morgan fingerprint density at radius 3 is 1.88 bits per heavy atom. The van der Waals surface area contributed by atoms with Crippen LogP contribution in [0.15, 0.2) is 59.8 Å². The Labute approximate surface area is 495 Å². The third-order valence-electron chi connectivity index (χ3n) is 14.5. The number of likely N-dealkylation sites (N-methyl/N-ethyl adjacent to an activating group) is 4. The number of carboxylic acids is 3. The first-order valence-corrected chi connectivity index (χ1v) is 29.6. The van der Waals surface area contributed by atoms with E-state index in [0.717, 1.165) is 76.2 Å². The zero-order chi connectivity index (χ0) is 61.6. The van der Waals surface area contributed by atoms with E-state index in [9.17, 15) is 49.5 Å². The van der Waals surface area contributed by atoms with Crippen molar-refractivity contribution in [3.8, 4) is 0 Å². The number of aliphatic hydroxyl groups is 3. The molecule has 4 rings (SSSR count). The number of hydrogen-bond donors (Lipinski definition) is 12. The average molecular weight is 1180 g/mol. The van der Waals surface area contributed by atoms with Crippen molar-refractivity contribution in [3.05, 3.63) is 65.3 Å². The van der Waals surface area contributed by atoms with Crippen molar-refractivity contribution < 1.29 is 59.3 Å². The molecular weight excluding hydrogens is 1080 g/mol. The molecule has 470 valence electrons. The molecule has 2 aromatic rings. The fourth-order valence-corrected chi connectivity index (χ4v) is 9.71. The molecule has 1 saturated heterocycles. The molecular formula is C58H96N14O12. The maximum absolute atomic E-state index is 12.5. The number of carbonyl (C=O) groups excluding carboxylic acids is 2. The first-order valence-electron chi connectivity index (χ1n) is 29.6. The summed E-state index contributed by atoms with van der Waals surface area (Å²) < 4.78 is 6.67. The van der Waals surface area contributed by atoms with Crippen molar-refractivity contribution in [1.82, 2.24) is 55.8 Å². The topological polar surface area (TPSA) is 343 Å². The molecule has 0 spiro atoms. The number of nitrogens with one attached hydrogen (secondary N) is 6. The van der Waals surface area contributed by atoms with Crippen molar-refractivity contribution in [2.45, 2.75) is 135 Å². The highest BCUT2D eigenvalue weighted by Gasteiger charge is 2.32. The number of aliphatic carboxylic acids is 3. The van der Waals surface area contributed by atoms with Crippen molar-refractivity contribution in [3.63, 3.8) is 0 Å². The van der Waals surface area contributed by atoms with E-state index in [1.807, 2.05) is 62.0 Å². The summed E-state index contributed by atoms with van der Waals surface area (Å²) in [5, 5.41) is 78.9. The predicted octanol–water partition coefficient (Wildman–Crippen LogP) is 4.69. The summed E-state index contributed by atoms with van der Waals surface area (Å²) in [5.41, 5.74) is 0.433. The largest absolute Gasteiger partial charge is 0.511 e. The Hall–Kier alpha value is -6.84. The van der Waals surface area contributed by atoms with E-state index < -0.39 is 48.0 Å². The molecule has 3 heterocycles. The SMILES string of the molecule is CCN(CC)CC(C)OC1(/C=C(/O)CNC(C)Cc2ccc(Nc3nc(NCCCCCCCC(=O)NCCCC[C@H](NC(=O)N[C@@H](CCC(=O)O)C(=O)O)C(=O)O)nc(N4CCN(C)CC4)n3)cc2)/C=C(/O)CN(C)CCN(C)C/C(O)=C\1. The Morgan fingerprint density at radius 2 is 1.27 bits per heavy atom. The van der Waals surface area contributed by atoms with Crippen LogP contribution in [0, 0.1) is 0 Å². The molecule has 1 fully saturated rings. The van der Waals surface area contributed by atoms with Crippen LogP contribution in [0.25, 0.3) is 0 Å². The summed E-state index contributed by atoms with van der Waals surface area (Å²) in [6.07, 6.45) is 9.74. The lowest BCUT2D eigenvalue weighted by Gasteiger charge is -2.32. The number of anilines is 4. The molecule has 26 heteroatoms. The van der Waals surface area contributed by atoms with Gasteiger partial charge in [-0.3, -0.25) is 19.4 Å². The van der Waals surface area contributed by atoms with Crippen LogP contribution < -0.4 is 36.8 Å². The second kappa shape index (κ2) is 36.8. The van der Waals surface area contributed by atoms with Crippen molar-refractivity contribution in [2.24, 2.45) is 0 Å². The highest BCUT2D eigenvalue weighted by atomic mass is 16.5. The normalized spacial score (nSPS) is 19.6. The quantitative estimate of drug-likeness (QED) is 0.0325. The van der Waals surface area contributed by atoms with Gasteiger partial charge in [-0.15, -0.1) is 0 Å². The van der Waals surface area contributed by atoms with Crippen molar-refractivity contribution in [1.29, 1.82) is 0 Å². The molecule has 0 saturated carbocycles. The molecule has 1 aromatic heterocycles. The monoisotopic (exact) mass is 1180 g/mol. The molecule has 2 aliphatic rings. The Balaban J connectivity index is 1.25. The van der Waals surface area contributed by atoms with Gasteiger partial charge >= 0.3 is 23.9 Å². The highest BCUT2D eigenvalue weighted by Crippen LogP contribution is 2.27. The molecule has 3 amide bonds. The fraction of sp³-hybridized carbons (Fsp3) is 0.655. The predicted molar refractivity (Wildman–Crippen MR) is 323 cm³/mol. The third-order valence-corrected chi connectivity index (χ3v) is 14.5. The third kappa shape index (κ3) is 27.3. The zero-order valence-electron chi connectivity index (χ0n) is 50.4. The summed E-state index contributed by atoms with van der Waals surface area (Å²) in [4.78, 5) is 83.6. The van der Waals surface area contributed by atoms with Crippen LogP contribution in [0.1, 0.15) is 104 Å². The van der Waals surface area contributed by atoms with E-state index >= 15 is 0 Å². The molecule has 12 N–H and O–H groups in total. The Kier molecular flexibility index (Phi) is 30.5. The summed E-state index contributed by atoms with van der Waals surface area (Å²) in [6, 6.07) is 4.17. The summed E-state index contributed by atoms with van der Waals surface area (Å²) >= 11 is 0. The highest BCUT2D eigenvalue weighted by molar-refractivity contribution is 5.86. The number of nitrogens with zero attached hydrogens (tertiary/aromatic N) is 8. The van der Waals surface area contributed by atoms with Crippen LogP contribution in [-0.2, 0) is 30.3 Å². The van der Waals surface area contributed by atoms with E-state index in [-0.39, 0.29) is 67.8 Å². The number of aliphatic hydroxyl groups excluding tert-OH is 3. The minimum Gasteiger partial charge on any atom is -0.511 e. The first-order chi connectivity index (χ1) is 40.0. The van der Waals surface area contributed by atoms with E-state index in [4.69, 9.17) is 24.8 Å². The van der Waals surface area contributed by atoms with Crippen LogP contribution in [0.3, 0.4) is 0 Å². The van der Waals surface area contributed by atoms with Gasteiger partial charge in [-0.25, -0.2) is 14.4 Å². The number of carbonyl (C=O) groups is 5. The number of ether oxygens (including phenoxy) is 1. The fourth-order valence-electron chi connectivity index (χ4n) is 9.71. The van der Waals surface area contributed by atoms with Gasteiger partial charge in [0.2, 0.25) is 23.8 Å². The lowest BCUT2D eigenvalue weighted by molar-refractivity contribution is -0.140. The van der Waals surface area contributed by atoms with E-state index in [1.54, 1.807) is 18.2 Å². The van der Waals surface area contributed by atoms with Crippen LogP contribution in [0.5, 0.6) is 0 Å². The minimum atomic E-state index is -1.49. The average Bonchev–Trinajstić information content (AvgIpc) is 3.35. The summed E-state index contributed by atoms with van der Waals surface area (Å²) in [5.74, 6) is -2.49. The maximum Gasteiger partial charge on any atom is 0.326 e.